The summed E-state index contributed by atoms with van der Waals surface area (Å²) in [5, 5.41) is 2.70. The lowest BCUT2D eigenvalue weighted by Crippen LogP contribution is -2.31. The highest BCUT2D eigenvalue weighted by Gasteiger charge is 2.24. The van der Waals surface area contributed by atoms with Gasteiger partial charge in [0, 0.05) is 18.8 Å². The molecule has 1 aliphatic rings. The summed E-state index contributed by atoms with van der Waals surface area (Å²) in [6.45, 7) is 3.15. The highest BCUT2D eigenvalue weighted by Crippen LogP contribution is 2.21. The van der Waals surface area contributed by atoms with E-state index < -0.39 is 10.0 Å². The zero-order valence-corrected chi connectivity index (χ0v) is 17.1. The zero-order chi connectivity index (χ0) is 19.7. The molecule has 2 rings (SSSR count). The van der Waals surface area contributed by atoms with Crippen molar-refractivity contribution in [1.82, 2.24) is 4.31 Å². The van der Waals surface area contributed by atoms with E-state index in [0.717, 1.165) is 25.7 Å². The van der Waals surface area contributed by atoms with Gasteiger partial charge in [-0.05, 0) is 44.0 Å². The van der Waals surface area contributed by atoms with Crippen LogP contribution in [0.1, 0.15) is 32.6 Å². The van der Waals surface area contributed by atoms with Gasteiger partial charge >= 0.3 is 5.97 Å². The molecule has 1 aliphatic heterocycles. The number of benzene rings is 1. The monoisotopic (exact) mass is 414 g/mol. The number of ether oxygens (including phenoxy) is 1. The van der Waals surface area contributed by atoms with E-state index in [-0.39, 0.29) is 28.3 Å². The molecule has 1 N–H and O–H groups in total. The smallest absolute Gasteiger partial charge is 0.315 e. The minimum Gasteiger partial charge on any atom is -0.465 e. The molecule has 0 aliphatic carbocycles. The maximum atomic E-state index is 12.7. The molecule has 1 aromatic carbocycles. The second kappa shape index (κ2) is 10.7. The van der Waals surface area contributed by atoms with Crippen molar-refractivity contribution in [2.24, 2.45) is 0 Å². The number of hydrogen-bond acceptors (Lipinski definition) is 6. The van der Waals surface area contributed by atoms with Gasteiger partial charge < -0.3 is 10.1 Å². The van der Waals surface area contributed by atoms with Gasteiger partial charge in [0.05, 0.1) is 23.0 Å². The van der Waals surface area contributed by atoms with E-state index in [1.54, 1.807) is 23.4 Å². The largest absolute Gasteiger partial charge is 0.465 e. The number of esters is 1. The molecule has 1 aromatic rings. The molecule has 0 saturated carbocycles. The van der Waals surface area contributed by atoms with Crippen LogP contribution in [0.4, 0.5) is 5.69 Å². The van der Waals surface area contributed by atoms with Crippen LogP contribution >= 0.6 is 11.8 Å². The van der Waals surface area contributed by atoms with E-state index in [9.17, 15) is 18.0 Å². The molecule has 1 amide bonds. The van der Waals surface area contributed by atoms with Gasteiger partial charge in [0.1, 0.15) is 0 Å². The molecule has 1 saturated heterocycles. The third-order valence-corrected chi connectivity index (χ3v) is 6.92. The molecular formula is C18H26N2O5S2. The van der Waals surface area contributed by atoms with Crippen molar-refractivity contribution in [2.75, 3.05) is 36.5 Å². The van der Waals surface area contributed by atoms with Crippen LogP contribution in [-0.4, -0.2) is 55.8 Å². The lowest BCUT2D eigenvalue weighted by molar-refractivity contribution is -0.139. The number of thioether (sulfide) groups is 1. The van der Waals surface area contributed by atoms with Crippen molar-refractivity contribution < 1.29 is 22.7 Å². The maximum absolute atomic E-state index is 12.7. The van der Waals surface area contributed by atoms with Crippen LogP contribution in [-0.2, 0) is 24.3 Å². The number of rotatable bonds is 8. The molecule has 0 aromatic heterocycles. The van der Waals surface area contributed by atoms with Gasteiger partial charge in [0.2, 0.25) is 15.9 Å². The zero-order valence-electron chi connectivity index (χ0n) is 15.5. The number of nitrogens with one attached hydrogen (secondary N) is 1. The fourth-order valence-electron chi connectivity index (χ4n) is 2.77. The van der Waals surface area contributed by atoms with Crippen LogP contribution < -0.4 is 5.32 Å². The van der Waals surface area contributed by atoms with Gasteiger partial charge in [-0.15, -0.1) is 11.8 Å². The van der Waals surface area contributed by atoms with Crippen LogP contribution in [0.25, 0.3) is 0 Å². The van der Waals surface area contributed by atoms with E-state index >= 15 is 0 Å². The summed E-state index contributed by atoms with van der Waals surface area (Å²) in [4.78, 5) is 23.4. The molecule has 0 atom stereocenters. The lowest BCUT2D eigenvalue weighted by Gasteiger charge is -2.20. The minimum absolute atomic E-state index is 0.118. The fourth-order valence-corrected chi connectivity index (χ4v) is 4.89. The number of carbonyl (C=O) groups excluding carboxylic acids is 2. The number of sulfonamides is 1. The molecule has 0 radical (unpaired) electrons. The first kappa shape index (κ1) is 21.7. The van der Waals surface area contributed by atoms with E-state index in [0.29, 0.717) is 25.4 Å². The Kier molecular flexibility index (Phi) is 8.59. The van der Waals surface area contributed by atoms with Gasteiger partial charge in [0.15, 0.2) is 0 Å². The number of anilines is 1. The number of carbonyl (C=O) groups is 2. The Balaban J connectivity index is 1.88. The summed E-state index contributed by atoms with van der Waals surface area (Å²) >= 11 is 1.17. The van der Waals surface area contributed by atoms with Crippen molar-refractivity contribution >= 4 is 39.3 Å². The molecule has 0 spiro atoms. The molecule has 1 fully saturated rings. The molecular weight excluding hydrogens is 388 g/mol. The second-order valence-corrected chi connectivity index (χ2v) is 9.11. The maximum Gasteiger partial charge on any atom is 0.315 e. The molecule has 9 heteroatoms. The Morgan fingerprint density at radius 1 is 1.07 bits per heavy atom. The van der Waals surface area contributed by atoms with E-state index in [2.05, 4.69) is 5.32 Å². The Morgan fingerprint density at radius 3 is 2.30 bits per heavy atom. The SMILES string of the molecule is CCOC(=O)CSCC(=O)Nc1ccc(S(=O)(=O)N2CCCCCC2)cc1. The summed E-state index contributed by atoms with van der Waals surface area (Å²) in [6, 6.07) is 6.19. The van der Waals surface area contributed by atoms with Gasteiger partial charge in [0.25, 0.3) is 0 Å². The highest BCUT2D eigenvalue weighted by molar-refractivity contribution is 8.00. The number of nitrogens with zero attached hydrogens (tertiary/aromatic N) is 1. The normalized spacial score (nSPS) is 15.7. The van der Waals surface area contributed by atoms with Gasteiger partial charge in [-0.1, -0.05) is 12.8 Å². The molecule has 0 bridgehead atoms. The quantitative estimate of drug-likeness (QED) is 0.657. The average molecular weight is 415 g/mol. The van der Waals surface area contributed by atoms with Crippen molar-refractivity contribution in [1.29, 1.82) is 0 Å². The van der Waals surface area contributed by atoms with Crippen LogP contribution in [0, 0.1) is 0 Å². The summed E-state index contributed by atoms with van der Waals surface area (Å²) in [5.74, 6) is -0.369. The van der Waals surface area contributed by atoms with E-state index in [1.807, 2.05) is 0 Å². The third kappa shape index (κ3) is 6.82. The van der Waals surface area contributed by atoms with Gasteiger partial charge in [-0.2, -0.15) is 4.31 Å². The molecule has 7 nitrogen and oxygen atoms in total. The van der Waals surface area contributed by atoms with Crippen LogP contribution in [0.15, 0.2) is 29.2 Å². The molecule has 1 heterocycles. The fraction of sp³-hybridized carbons (Fsp3) is 0.556. The molecule has 150 valence electrons. The first-order valence-corrected chi connectivity index (χ1v) is 11.7. The van der Waals surface area contributed by atoms with Crippen molar-refractivity contribution in [3.8, 4) is 0 Å². The Morgan fingerprint density at radius 2 is 1.70 bits per heavy atom. The highest BCUT2D eigenvalue weighted by atomic mass is 32.2. The average Bonchev–Trinajstić information content (AvgIpc) is 2.92. The van der Waals surface area contributed by atoms with Crippen molar-refractivity contribution in [2.45, 2.75) is 37.5 Å². The topological polar surface area (TPSA) is 92.8 Å². The first-order valence-electron chi connectivity index (χ1n) is 9.07. The second-order valence-electron chi connectivity index (χ2n) is 6.19. The van der Waals surface area contributed by atoms with Gasteiger partial charge in [-0.3, -0.25) is 9.59 Å². The van der Waals surface area contributed by atoms with Crippen LogP contribution in [0.3, 0.4) is 0 Å². The molecule has 0 unspecified atom stereocenters. The first-order chi connectivity index (χ1) is 12.9. The summed E-state index contributed by atoms with van der Waals surface area (Å²) in [6.07, 6.45) is 3.89. The lowest BCUT2D eigenvalue weighted by atomic mass is 10.2. The minimum atomic E-state index is -3.49. The summed E-state index contributed by atoms with van der Waals surface area (Å²) in [7, 11) is -3.49. The van der Waals surface area contributed by atoms with Crippen LogP contribution in [0.2, 0.25) is 0 Å². The Hall–Kier alpha value is -1.58. The van der Waals surface area contributed by atoms with E-state index in [1.165, 1.54) is 23.9 Å². The van der Waals surface area contributed by atoms with Crippen LogP contribution in [0.5, 0.6) is 0 Å². The van der Waals surface area contributed by atoms with Crippen molar-refractivity contribution in [3.63, 3.8) is 0 Å². The standard InChI is InChI=1S/C18H26N2O5S2/c1-2-25-18(22)14-26-13-17(21)19-15-7-9-16(10-8-15)27(23,24)20-11-5-3-4-6-12-20/h7-10H,2-6,11-14H2,1H3,(H,19,21). The third-order valence-electron chi connectivity index (χ3n) is 4.10. The summed E-state index contributed by atoms with van der Waals surface area (Å²) in [5.41, 5.74) is 0.520. The number of amides is 1. The predicted octanol–water partition coefficient (Wildman–Crippen LogP) is 2.49. The number of hydrogen-bond donors (Lipinski definition) is 1. The summed E-state index contributed by atoms with van der Waals surface area (Å²) < 4.78 is 31.8. The van der Waals surface area contributed by atoms with E-state index in [4.69, 9.17) is 4.74 Å². The molecule has 27 heavy (non-hydrogen) atoms. The Labute approximate surface area is 164 Å². The predicted molar refractivity (Wildman–Crippen MR) is 106 cm³/mol. The van der Waals surface area contributed by atoms with Gasteiger partial charge in [-0.25, -0.2) is 8.42 Å². The van der Waals surface area contributed by atoms with Crippen molar-refractivity contribution in [3.05, 3.63) is 24.3 Å². The Bertz CT molecular complexity index is 727.